The molecule has 0 bridgehead atoms. The van der Waals surface area contributed by atoms with Crippen molar-refractivity contribution in [3.63, 3.8) is 0 Å². The van der Waals surface area contributed by atoms with Gasteiger partial charge in [-0.05, 0) is 37.6 Å². The van der Waals surface area contributed by atoms with Crippen molar-refractivity contribution in [3.8, 4) is 5.88 Å². The molecule has 3 aromatic rings. The summed E-state index contributed by atoms with van der Waals surface area (Å²) in [5.41, 5.74) is 2.48. The lowest BCUT2D eigenvalue weighted by Gasteiger charge is -2.36. The Morgan fingerprint density at radius 1 is 1.03 bits per heavy atom. The molecule has 4 rings (SSSR count). The Morgan fingerprint density at radius 3 is 2.66 bits per heavy atom. The number of hydrogen-bond donors (Lipinski definition) is 0. The van der Waals surface area contributed by atoms with Gasteiger partial charge in [-0.25, -0.2) is 4.52 Å². The zero-order chi connectivity index (χ0) is 20.1. The van der Waals surface area contributed by atoms with E-state index in [9.17, 15) is 4.79 Å². The van der Waals surface area contributed by atoms with E-state index in [-0.39, 0.29) is 0 Å². The summed E-state index contributed by atoms with van der Waals surface area (Å²) < 4.78 is 7.58. The van der Waals surface area contributed by atoms with Crippen LogP contribution >= 0.6 is 11.6 Å². The minimum absolute atomic E-state index is 0.575. The molecule has 1 saturated heterocycles. The standard InChI is InChI=1S/C22H25ClN4O2/c23-19-6-1-2-7-21(19)26-13-11-25(12-14-26)10-3-4-15-29-22-9-5-8-20-18(17-28)16-24-27(20)22/h1-2,5-9,16-17H,3-4,10-15H2. The van der Waals surface area contributed by atoms with Crippen LogP contribution in [0.5, 0.6) is 5.88 Å². The molecule has 29 heavy (non-hydrogen) atoms. The van der Waals surface area contributed by atoms with Gasteiger partial charge in [-0.1, -0.05) is 29.8 Å². The minimum Gasteiger partial charge on any atom is -0.478 e. The predicted molar refractivity (Wildman–Crippen MR) is 115 cm³/mol. The van der Waals surface area contributed by atoms with E-state index in [0.29, 0.717) is 18.1 Å². The molecule has 0 amide bonds. The smallest absolute Gasteiger partial charge is 0.214 e. The van der Waals surface area contributed by atoms with Crippen molar-refractivity contribution in [2.24, 2.45) is 0 Å². The minimum atomic E-state index is 0.575. The zero-order valence-corrected chi connectivity index (χ0v) is 17.1. The Hall–Kier alpha value is -2.57. The lowest BCUT2D eigenvalue weighted by Crippen LogP contribution is -2.46. The number of hydrogen-bond acceptors (Lipinski definition) is 5. The van der Waals surface area contributed by atoms with Crippen molar-refractivity contribution in [2.75, 3.05) is 44.2 Å². The number of pyridine rings is 1. The largest absolute Gasteiger partial charge is 0.478 e. The first-order valence-electron chi connectivity index (χ1n) is 10.0. The molecule has 152 valence electrons. The third kappa shape index (κ3) is 4.54. The van der Waals surface area contributed by atoms with Gasteiger partial charge in [0.1, 0.15) is 0 Å². The number of aldehydes is 1. The number of fused-ring (bicyclic) bond motifs is 1. The molecule has 3 heterocycles. The van der Waals surface area contributed by atoms with E-state index >= 15 is 0 Å². The number of anilines is 1. The van der Waals surface area contributed by atoms with Crippen LogP contribution in [0.1, 0.15) is 23.2 Å². The molecular formula is C22H25ClN4O2. The van der Waals surface area contributed by atoms with Crippen LogP contribution in [-0.2, 0) is 0 Å². The number of rotatable bonds is 8. The molecule has 2 aromatic heterocycles. The van der Waals surface area contributed by atoms with E-state index in [1.165, 1.54) is 0 Å². The van der Waals surface area contributed by atoms with E-state index in [1.807, 2.05) is 36.4 Å². The molecule has 0 radical (unpaired) electrons. The summed E-state index contributed by atoms with van der Waals surface area (Å²) in [5.74, 6) is 0.670. The molecule has 1 aliphatic heterocycles. The highest BCUT2D eigenvalue weighted by atomic mass is 35.5. The molecule has 0 saturated carbocycles. The van der Waals surface area contributed by atoms with E-state index < -0.39 is 0 Å². The van der Waals surface area contributed by atoms with Crippen LogP contribution < -0.4 is 9.64 Å². The van der Waals surface area contributed by atoms with Gasteiger partial charge in [0.25, 0.3) is 0 Å². The van der Waals surface area contributed by atoms with E-state index in [2.05, 4.69) is 21.0 Å². The summed E-state index contributed by atoms with van der Waals surface area (Å²) in [6.07, 6.45) is 4.44. The number of unbranched alkanes of at least 4 members (excludes halogenated alkanes) is 1. The fourth-order valence-electron chi connectivity index (χ4n) is 3.74. The second-order valence-corrected chi connectivity index (χ2v) is 7.62. The number of aromatic nitrogens is 2. The number of nitrogens with zero attached hydrogens (tertiary/aromatic N) is 4. The monoisotopic (exact) mass is 412 g/mol. The van der Waals surface area contributed by atoms with Crippen LogP contribution in [0.3, 0.4) is 0 Å². The van der Waals surface area contributed by atoms with Gasteiger partial charge in [-0.3, -0.25) is 9.69 Å². The maximum absolute atomic E-state index is 11.1. The van der Waals surface area contributed by atoms with Gasteiger partial charge in [0.15, 0.2) is 6.29 Å². The van der Waals surface area contributed by atoms with Crippen LogP contribution in [0.2, 0.25) is 5.02 Å². The highest BCUT2D eigenvalue weighted by Crippen LogP contribution is 2.26. The summed E-state index contributed by atoms with van der Waals surface area (Å²) in [6.45, 7) is 5.80. The van der Waals surface area contributed by atoms with Gasteiger partial charge in [0.2, 0.25) is 5.88 Å². The van der Waals surface area contributed by atoms with Gasteiger partial charge in [-0.2, -0.15) is 5.10 Å². The number of halogens is 1. The quantitative estimate of drug-likeness (QED) is 0.416. The van der Waals surface area contributed by atoms with E-state index in [0.717, 1.165) is 68.1 Å². The van der Waals surface area contributed by atoms with Gasteiger partial charge in [0.05, 0.1) is 34.6 Å². The molecule has 0 aliphatic carbocycles. The molecule has 0 N–H and O–H groups in total. The Kier molecular flexibility index (Phi) is 6.32. The zero-order valence-electron chi connectivity index (χ0n) is 16.3. The topological polar surface area (TPSA) is 50.1 Å². The second kappa shape index (κ2) is 9.29. The molecule has 1 aromatic carbocycles. The van der Waals surface area contributed by atoms with Crippen molar-refractivity contribution < 1.29 is 9.53 Å². The van der Waals surface area contributed by atoms with Crippen LogP contribution in [0.15, 0.2) is 48.7 Å². The van der Waals surface area contributed by atoms with Gasteiger partial charge in [0, 0.05) is 32.2 Å². The summed E-state index contributed by atoms with van der Waals surface area (Å²) in [7, 11) is 0. The van der Waals surface area contributed by atoms with Gasteiger partial charge >= 0.3 is 0 Å². The fourth-order valence-corrected chi connectivity index (χ4v) is 4.00. The third-order valence-corrected chi connectivity index (χ3v) is 5.67. The number of para-hydroxylation sites is 1. The molecular weight excluding hydrogens is 388 g/mol. The maximum atomic E-state index is 11.1. The first-order valence-corrected chi connectivity index (χ1v) is 10.4. The highest BCUT2D eigenvalue weighted by Gasteiger charge is 2.18. The van der Waals surface area contributed by atoms with E-state index in [4.69, 9.17) is 16.3 Å². The van der Waals surface area contributed by atoms with Crippen LogP contribution in [0.25, 0.3) is 5.52 Å². The van der Waals surface area contributed by atoms with Crippen LogP contribution in [0, 0.1) is 0 Å². The molecule has 0 atom stereocenters. The summed E-state index contributed by atoms with van der Waals surface area (Å²) in [4.78, 5) is 15.9. The van der Waals surface area contributed by atoms with Crippen molar-refractivity contribution in [2.45, 2.75) is 12.8 Å². The molecule has 1 aliphatic rings. The lowest BCUT2D eigenvalue weighted by atomic mass is 10.2. The first kappa shape index (κ1) is 19.7. The Labute approximate surface area is 175 Å². The summed E-state index contributed by atoms with van der Waals surface area (Å²) in [6, 6.07) is 13.7. The fraction of sp³-hybridized carbons (Fsp3) is 0.364. The number of piperazine rings is 1. The second-order valence-electron chi connectivity index (χ2n) is 7.21. The van der Waals surface area contributed by atoms with Crippen LogP contribution in [-0.4, -0.2) is 60.1 Å². The molecule has 0 spiro atoms. The van der Waals surface area contributed by atoms with Crippen molar-refractivity contribution >= 4 is 29.1 Å². The Balaban J connectivity index is 1.19. The Bertz CT molecular complexity index is 966. The third-order valence-electron chi connectivity index (χ3n) is 5.35. The van der Waals surface area contributed by atoms with Crippen LogP contribution in [0.4, 0.5) is 5.69 Å². The normalized spacial score (nSPS) is 15.0. The average Bonchev–Trinajstić information content (AvgIpc) is 3.18. The van der Waals surface area contributed by atoms with Gasteiger partial charge in [-0.15, -0.1) is 0 Å². The average molecular weight is 413 g/mol. The van der Waals surface area contributed by atoms with Crippen molar-refractivity contribution in [3.05, 3.63) is 59.2 Å². The number of ether oxygens (including phenoxy) is 1. The SMILES string of the molecule is O=Cc1cnn2c(OCCCCN3CCN(c4ccccc4Cl)CC3)cccc12. The number of carbonyl (C=O) groups is 1. The molecule has 0 unspecified atom stereocenters. The first-order chi connectivity index (χ1) is 14.3. The number of carbonyl (C=O) groups excluding carboxylic acids is 1. The Morgan fingerprint density at radius 2 is 1.86 bits per heavy atom. The summed E-state index contributed by atoms with van der Waals surface area (Å²) in [5, 5.41) is 5.06. The lowest BCUT2D eigenvalue weighted by molar-refractivity contribution is 0.112. The van der Waals surface area contributed by atoms with Crippen molar-refractivity contribution in [1.29, 1.82) is 0 Å². The number of benzene rings is 1. The predicted octanol–water partition coefficient (Wildman–Crippen LogP) is 3.78. The highest BCUT2D eigenvalue weighted by molar-refractivity contribution is 6.33. The van der Waals surface area contributed by atoms with E-state index in [1.54, 1.807) is 10.7 Å². The molecule has 1 fully saturated rings. The molecule has 6 nitrogen and oxygen atoms in total. The summed E-state index contributed by atoms with van der Waals surface area (Å²) >= 11 is 6.32. The maximum Gasteiger partial charge on any atom is 0.214 e. The van der Waals surface area contributed by atoms with Gasteiger partial charge < -0.3 is 9.64 Å². The molecule has 7 heteroatoms. The van der Waals surface area contributed by atoms with Crippen molar-refractivity contribution in [1.82, 2.24) is 14.5 Å².